The lowest BCUT2D eigenvalue weighted by Gasteiger charge is -2.27. The third-order valence-electron chi connectivity index (χ3n) is 17.3. The molecule has 15 heteroatoms. The van der Waals surface area contributed by atoms with Crippen LogP contribution in [0.3, 0.4) is 0 Å². The summed E-state index contributed by atoms with van der Waals surface area (Å²) < 4.78 is 0. The van der Waals surface area contributed by atoms with Gasteiger partial charge in [0, 0.05) is 52.4 Å². The van der Waals surface area contributed by atoms with Crippen LogP contribution in [0.4, 0.5) is 0 Å². The first-order valence-corrected chi connectivity index (χ1v) is 36.9. The lowest BCUT2D eigenvalue weighted by molar-refractivity contribution is -0.133. The molecule has 0 aliphatic heterocycles. The molecule has 0 heterocycles. The number of aliphatic hydroxyl groups is 4. The van der Waals surface area contributed by atoms with Crippen LogP contribution in [0.2, 0.25) is 0 Å². The highest BCUT2D eigenvalue weighted by molar-refractivity contribution is 5.82. The Morgan fingerprint density at radius 3 is 0.616 bits per heavy atom. The fourth-order valence-corrected chi connectivity index (χ4v) is 11.5. The van der Waals surface area contributed by atoms with Gasteiger partial charge >= 0.3 is 0 Å². The van der Waals surface area contributed by atoms with E-state index in [1.165, 1.54) is 180 Å². The molecule has 0 spiro atoms. The van der Waals surface area contributed by atoms with Gasteiger partial charge in [0.2, 0.25) is 23.6 Å². The van der Waals surface area contributed by atoms with Gasteiger partial charge in [-0.1, -0.05) is 272 Å². The molecular formula is C71H143N7O8. The zero-order valence-electron chi connectivity index (χ0n) is 57.1. The van der Waals surface area contributed by atoms with Gasteiger partial charge in [0.1, 0.15) is 24.4 Å². The number of nitrogens with zero attached hydrogens (tertiary/aromatic N) is 3. The Kier molecular flexibility index (Phi) is 62.4. The summed E-state index contributed by atoms with van der Waals surface area (Å²) in [6.07, 6.45) is 48.5. The molecule has 0 saturated heterocycles. The van der Waals surface area contributed by atoms with Gasteiger partial charge in [0.25, 0.3) is 0 Å². The highest BCUT2D eigenvalue weighted by Crippen LogP contribution is 2.15. The first kappa shape index (κ1) is 83.6. The van der Waals surface area contributed by atoms with E-state index in [-0.39, 0.29) is 26.2 Å². The summed E-state index contributed by atoms with van der Waals surface area (Å²) in [6.45, 7) is 14.1. The molecule has 8 N–H and O–H groups in total. The molecule has 4 unspecified atom stereocenters. The number of rotatable bonds is 68. The van der Waals surface area contributed by atoms with Crippen molar-refractivity contribution in [2.45, 2.75) is 347 Å². The Morgan fingerprint density at radius 2 is 0.419 bits per heavy atom. The first-order valence-electron chi connectivity index (χ1n) is 36.9. The summed E-state index contributed by atoms with van der Waals surface area (Å²) in [7, 11) is 2.11. The fourth-order valence-electron chi connectivity index (χ4n) is 11.5. The molecule has 0 aromatic carbocycles. The predicted molar refractivity (Wildman–Crippen MR) is 362 cm³/mol. The summed E-state index contributed by atoms with van der Waals surface area (Å²) in [6, 6.07) is 0. The van der Waals surface area contributed by atoms with Crippen LogP contribution in [-0.2, 0) is 19.2 Å². The maximum atomic E-state index is 13.0. The molecule has 86 heavy (non-hydrogen) atoms. The number of nitrogens with one attached hydrogen (secondary N) is 4. The van der Waals surface area contributed by atoms with E-state index in [0.29, 0.717) is 39.3 Å². The predicted octanol–water partition coefficient (Wildman–Crippen LogP) is 13.5. The van der Waals surface area contributed by atoms with Crippen molar-refractivity contribution in [1.82, 2.24) is 36.0 Å². The van der Waals surface area contributed by atoms with Gasteiger partial charge < -0.3 is 46.6 Å². The minimum atomic E-state index is -1.26. The highest BCUT2D eigenvalue weighted by atomic mass is 16.3. The molecule has 0 bridgehead atoms. The Hall–Kier alpha value is -2.40. The topological polar surface area (TPSA) is 207 Å². The second-order valence-corrected chi connectivity index (χ2v) is 25.9. The summed E-state index contributed by atoms with van der Waals surface area (Å²) in [5.74, 6) is -1.65. The Morgan fingerprint density at radius 1 is 0.256 bits per heavy atom. The lowest BCUT2D eigenvalue weighted by atomic mass is 10.1. The van der Waals surface area contributed by atoms with Gasteiger partial charge in [-0.15, -0.1) is 0 Å². The van der Waals surface area contributed by atoms with Crippen LogP contribution in [0.5, 0.6) is 0 Å². The van der Waals surface area contributed by atoms with Crippen molar-refractivity contribution < 1.29 is 39.6 Å². The van der Waals surface area contributed by atoms with E-state index < -0.39 is 48.0 Å². The van der Waals surface area contributed by atoms with Gasteiger partial charge in [0.15, 0.2) is 0 Å². The van der Waals surface area contributed by atoms with Gasteiger partial charge in [0.05, 0.1) is 0 Å². The van der Waals surface area contributed by atoms with Crippen LogP contribution >= 0.6 is 0 Å². The highest BCUT2D eigenvalue weighted by Gasteiger charge is 2.25. The van der Waals surface area contributed by atoms with E-state index >= 15 is 0 Å². The van der Waals surface area contributed by atoms with Crippen molar-refractivity contribution in [1.29, 1.82) is 0 Å². The van der Waals surface area contributed by atoms with Crippen molar-refractivity contribution in [2.24, 2.45) is 0 Å². The summed E-state index contributed by atoms with van der Waals surface area (Å²) in [5, 5.41) is 55.8. The number of hydrogen-bond acceptors (Lipinski definition) is 11. The Labute approximate surface area is 530 Å². The minimum Gasteiger partial charge on any atom is -0.382 e. The van der Waals surface area contributed by atoms with E-state index in [1.54, 1.807) is 0 Å². The molecule has 4 atom stereocenters. The number of aliphatic hydroxyl groups excluding tert-OH is 4. The first-order chi connectivity index (χ1) is 41.9. The van der Waals surface area contributed by atoms with Crippen molar-refractivity contribution in [3.63, 3.8) is 0 Å². The largest absolute Gasteiger partial charge is 0.382 e. The van der Waals surface area contributed by atoms with E-state index in [1.807, 2.05) is 9.80 Å². The van der Waals surface area contributed by atoms with Gasteiger partial charge in [-0.05, 0) is 84.6 Å². The Balaban J connectivity index is 5.16. The molecule has 0 aromatic heterocycles. The number of carbonyl (C=O) groups excluding carboxylic acids is 4. The molecule has 510 valence electrons. The zero-order chi connectivity index (χ0) is 63.2. The Bertz CT molecular complexity index is 1300. The van der Waals surface area contributed by atoms with Gasteiger partial charge in [-0.3, -0.25) is 29.0 Å². The van der Waals surface area contributed by atoms with Crippen LogP contribution in [0, 0.1) is 0 Å². The lowest BCUT2D eigenvalue weighted by Crippen LogP contribution is -2.48. The smallest absolute Gasteiger partial charge is 0.250 e. The van der Waals surface area contributed by atoms with Crippen molar-refractivity contribution in [3.8, 4) is 0 Å². The third kappa shape index (κ3) is 55.6. The second kappa shape index (κ2) is 64.1. The second-order valence-electron chi connectivity index (χ2n) is 25.9. The molecule has 0 rings (SSSR count). The molecule has 0 fully saturated rings. The van der Waals surface area contributed by atoms with E-state index in [2.05, 4.69) is 60.9 Å². The monoisotopic (exact) mass is 1220 g/mol. The molecule has 0 radical (unpaired) electrons. The van der Waals surface area contributed by atoms with Crippen molar-refractivity contribution >= 4 is 23.6 Å². The van der Waals surface area contributed by atoms with E-state index in [0.717, 1.165) is 129 Å². The molecule has 0 aromatic rings. The quantitative estimate of drug-likeness (QED) is 0.0269. The zero-order valence-corrected chi connectivity index (χ0v) is 57.1. The standard InChI is InChI=1S/C71H143N7O8/c1-6-10-14-18-22-26-30-34-38-44-52-72-68(83)64(79)60-77(61-65(80)69(84)73-53-45-39-35-31-27-23-19-15-11-7-2)58-50-42-48-56-76(5)57-49-43-51-59-78(62-66(81)70(85)74-54-46-40-36-32-28-24-20-16-12-8-3)63-67(82)71(86)75-55-47-41-37-33-29-25-21-17-13-9-4/h64-67,79-82H,6-63H2,1-5H3,(H,72,83)(H,73,84)(H,74,85)(H,75,86). The van der Waals surface area contributed by atoms with Gasteiger partial charge in [-0.2, -0.15) is 0 Å². The maximum Gasteiger partial charge on any atom is 0.250 e. The van der Waals surface area contributed by atoms with Crippen molar-refractivity contribution in [2.75, 3.05) is 85.6 Å². The van der Waals surface area contributed by atoms with Gasteiger partial charge in [-0.25, -0.2) is 0 Å². The number of unbranched alkanes of at least 4 members (excludes halogenated alkanes) is 40. The average molecular weight is 1220 g/mol. The third-order valence-corrected chi connectivity index (χ3v) is 17.3. The summed E-state index contributed by atoms with van der Waals surface area (Å²) >= 11 is 0. The SMILES string of the molecule is CCCCCCCCCCCCNC(=O)C(O)CN(CCCCCN(C)CCCCCN(CC(O)C(=O)NCCCCCCCCCCCC)CC(O)C(=O)NCCCCCCCCCCCC)CC(O)C(=O)NCCCCCCCCCCCC. The molecule has 4 amide bonds. The number of carbonyl (C=O) groups is 4. The molecule has 0 aliphatic rings. The molecule has 0 aliphatic carbocycles. The molecule has 0 saturated carbocycles. The number of amides is 4. The fraction of sp³-hybridized carbons (Fsp3) is 0.944. The molecular weight excluding hydrogens is 1080 g/mol. The van der Waals surface area contributed by atoms with Crippen LogP contribution in [0.25, 0.3) is 0 Å². The maximum absolute atomic E-state index is 13.0. The van der Waals surface area contributed by atoms with Crippen LogP contribution < -0.4 is 21.3 Å². The average Bonchev–Trinajstić information content (AvgIpc) is 3.70. The molecule has 15 nitrogen and oxygen atoms in total. The van der Waals surface area contributed by atoms with Crippen LogP contribution in [-0.4, -0.2) is 169 Å². The van der Waals surface area contributed by atoms with Crippen LogP contribution in [0.15, 0.2) is 0 Å². The minimum absolute atomic E-state index is 0.0428. The normalized spacial score (nSPS) is 13.2. The van der Waals surface area contributed by atoms with Crippen molar-refractivity contribution in [3.05, 3.63) is 0 Å². The number of hydrogen-bond donors (Lipinski definition) is 8. The van der Waals surface area contributed by atoms with E-state index in [4.69, 9.17) is 0 Å². The summed E-state index contributed by atoms with van der Waals surface area (Å²) in [5.41, 5.74) is 0. The van der Waals surface area contributed by atoms with Crippen LogP contribution in [0.1, 0.15) is 323 Å². The summed E-state index contributed by atoms with van der Waals surface area (Å²) in [4.78, 5) is 58.1. The van der Waals surface area contributed by atoms with E-state index in [9.17, 15) is 39.6 Å².